The van der Waals surface area contributed by atoms with E-state index in [9.17, 15) is 25.1 Å². The third-order valence-electron chi connectivity index (χ3n) is 2.91. The van der Waals surface area contributed by atoms with Crippen molar-refractivity contribution in [1.29, 1.82) is 0 Å². The number of benzene rings is 2. The van der Waals surface area contributed by atoms with Crippen LogP contribution in [0, 0.1) is 10.1 Å². The van der Waals surface area contributed by atoms with Gasteiger partial charge in [0.15, 0.2) is 0 Å². The highest BCUT2D eigenvalue weighted by Crippen LogP contribution is 2.28. The second-order valence-corrected chi connectivity index (χ2v) is 4.60. The highest BCUT2D eigenvalue weighted by Gasteiger charge is 2.11. The quantitative estimate of drug-likeness (QED) is 0.170. The van der Waals surface area contributed by atoms with Crippen LogP contribution in [-0.4, -0.2) is 21.0 Å². The van der Waals surface area contributed by atoms with Gasteiger partial charge in [0.1, 0.15) is 11.5 Å². The fourth-order valence-electron chi connectivity index (χ4n) is 1.78. The standard InChI is InChI=1S/C15H13N3O5/c16-10-2-4-13(19)9(7-10)1-6-15(21)17-12-8-11(18(22)23)3-5-14(12)20/h1-8,19-20H,16H2,(H,17,21)/b6-1+. The Hall–Kier alpha value is -3.55. The van der Waals surface area contributed by atoms with Crippen molar-refractivity contribution in [3.05, 3.63) is 58.2 Å². The minimum Gasteiger partial charge on any atom is -0.507 e. The molecule has 0 radical (unpaired) electrons. The number of phenolic OH excluding ortho intramolecular Hbond substituents is 2. The van der Waals surface area contributed by atoms with Crippen molar-refractivity contribution in [1.82, 2.24) is 0 Å². The zero-order valence-corrected chi connectivity index (χ0v) is 11.8. The molecule has 23 heavy (non-hydrogen) atoms. The lowest BCUT2D eigenvalue weighted by Crippen LogP contribution is -2.08. The van der Waals surface area contributed by atoms with Gasteiger partial charge in [-0.3, -0.25) is 14.9 Å². The first kappa shape index (κ1) is 15.8. The number of hydrogen-bond donors (Lipinski definition) is 4. The second-order valence-electron chi connectivity index (χ2n) is 4.60. The van der Waals surface area contributed by atoms with Crippen LogP contribution in [0.2, 0.25) is 0 Å². The zero-order valence-electron chi connectivity index (χ0n) is 11.8. The molecule has 0 fully saturated rings. The first-order valence-corrected chi connectivity index (χ1v) is 6.42. The van der Waals surface area contributed by atoms with E-state index in [1.54, 1.807) is 0 Å². The molecule has 5 N–H and O–H groups in total. The fourth-order valence-corrected chi connectivity index (χ4v) is 1.78. The van der Waals surface area contributed by atoms with Crippen molar-refractivity contribution in [2.45, 2.75) is 0 Å². The van der Waals surface area contributed by atoms with Crippen LogP contribution in [0.5, 0.6) is 11.5 Å². The summed E-state index contributed by atoms with van der Waals surface area (Å²) in [6.45, 7) is 0. The van der Waals surface area contributed by atoms with Gasteiger partial charge in [0.2, 0.25) is 5.91 Å². The minimum absolute atomic E-state index is 0.0542. The van der Waals surface area contributed by atoms with E-state index >= 15 is 0 Å². The number of phenols is 2. The van der Waals surface area contributed by atoms with Gasteiger partial charge in [-0.15, -0.1) is 0 Å². The van der Waals surface area contributed by atoms with E-state index < -0.39 is 10.8 Å². The largest absolute Gasteiger partial charge is 0.507 e. The van der Waals surface area contributed by atoms with Gasteiger partial charge in [-0.1, -0.05) is 0 Å². The molecule has 1 amide bonds. The summed E-state index contributed by atoms with van der Waals surface area (Å²) in [5, 5.41) is 32.2. The fraction of sp³-hybridized carbons (Fsp3) is 0. The molecule has 0 bridgehead atoms. The van der Waals surface area contributed by atoms with E-state index in [0.29, 0.717) is 11.3 Å². The van der Waals surface area contributed by atoms with E-state index in [1.807, 2.05) is 0 Å². The number of rotatable bonds is 4. The van der Waals surface area contributed by atoms with Gasteiger partial charge in [0.25, 0.3) is 5.69 Å². The SMILES string of the molecule is Nc1ccc(O)c(/C=C/C(=O)Nc2cc([N+](=O)[O-])ccc2O)c1. The maximum Gasteiger partial charge on any atom is 0.271 e. The van der Waals surface area contributed by atoms with Crippen molar-refractivity contribution in [2.24, 2.45) is 0 Å². The molecule has 8 heteroatoms. The van der Waals surface area contributed by atoms with Gasteiger partial charge in [0.05, 0.1) is 10.6 Å². The van der Waals surface area contributed by atoms with Crippen LogP contribution >= 0.6 is 0 Å². The number of nitrogens with one attached hydrogen (secondary N) is 1. The Bertz CT molecular complexity index is 802. The van der Waals surface area contributed by atoms with Crippen LogP contribution in [0.1, 0.15) is 5.56 Å². The third-order valence-corrected chi connectivity index (χ3v) is 2.91. The molecule has 2 rings (SSSR count). The molecule has 0 saturated heterocycles. The summed E-state index contributed by atoms with van der Waals surface area (Å²) >= 11 is 0. The average molecular weight is 315 g/mol. The molecule has 0 saturated carbocycles. The molecule has 0 aliphatic carbocycles. The van der Waals surface area contributed by atoms with Crippen LogP contribution in [0.25, 0.3) is 6.08 Å². The Morgan fingerprint density at radius 3 is 2.57 bits per heavy atom. The van der Waals surface area contributed by atoms with Crippen LogP contribution in [0.4, 0.5) is 17.1 Å². The summed E-state index contributed by atoms with van der Waals surface area (Å²) in [6, 6.07) is 7.64. The highest BCUT2D eigenvalue weighted by atomic mass is 16.6. The number of hydrogen-bond acceptors (Lipinski definition) is 6. The predicted octanol–water partition coefficient (Wildman–Crippen LogP) is 2.24. The summed E-state index contributed by atoms with van der Waals surface area (Å²) in [5.74, 6) is -0.992. The molecule has 0 heterocycles. The van der Waals surface area contributed by atoms with E-state index in [1.165, 1.54) is 24.3 Å². The minimum atomic E-state index is -0.643. The first-order chi connectivity index (χ1) is 10.9. The second kappa shape index (κ2) is 6.48. The monoisotopic (exact) mass is 315 g/mol. The Balaban J connectivity index is 2.16. The third kappa shape index (κ3) is 3.97. The molecule has 2 aromatic carbocycles. The number of nitro groups is 1. The van der Waals surface area contributed by atoms with Crippen molar-refractivity contribution in [3.8, 4) is 11.5 Å². The number of carbonyl (C=O) groups is 1. The lowest BCUT2D eigenvalue weighted by Gasteiger charge is -2.05. The molecular formula is C15H13N3O5. The lowest BCUT2D eigenvalue weighted by atomic mass is 10.1. The zero-order chi connectivity index (χ0) is 17.0. The lowest BCUT2D eigenvalue weighted by molar-refractivity contribution is -0.384. The van der Waals surface area contributed by atoms with Gasteiger partial charge in [0, 0.05) is 29.5 Å². The summed E-state index contributed by atoms with van der Waals surface area (Å²) in [7, 11) is 0. The maximum atomic E-state index is 11.8. The Kier molecular flexibility index (Phi) is 4.46. The molecular weight excluding hydrogens is 302 g/mol. The number of carbonyl (C=O) groups excluding carboxylic acids is 1. The van der Waals surface area contributed by atoms with Crippen LogP contribution < -0.4 is 11.1 Å². The molecule has 0 aliphatic rings. The molecule has 0 atom stereocenters. The van der Waals surface area contributed by atoms with Gasteiger partial charge in [-0.05, 0) is 30.3 Å². The first-order valence-electron chi connectivity index (χ1n) is 6.42. The number of nitrogens with zero attached hydrogens (tertiary/aromatic N) is 1. The Labute approximate surface area is 130 Å². The van der Waals surface area contributed by atoms with Gasteiger partial charge < -0.3 is 21.3 Å². The number of nitrogen functional groups attached to an aromatic ring is 1. The van der Waals surface area contributed by atoms with Crippen molar-refractivity contribution in [3.63, 3.8) is 0 Å². The number of nitro benzene ring substituents is 1. The maximum absolute atomic E-state index is 11.8. The number of anilines is 2. The number of non-ortho nitro benzene ring substituents is 1. The molecule has 0 spiro atoms. The Morgan fingerprint density at radius 1 is 1.17 bits per heavy atom. The molecule has 0 aliphatic heterocycles. The smallest absolute Gasteiger partial charge is 0.271 e. The summed E-state index contributed by atoms with van der Waals surface area (Å²) in [6.07, 6.45) is 2.43. The van der Waals surface area contributed by atoms with Crippen molar-refractivity contribution < 1.29 is 19.9 Å². The Morgan fingerprint density at radius 2 is 1.87 bits per heavy atom. The summed E-state index contributed by atoms with van der Waals surface area (Å²) in [5.41, 5.74) is 5.97. The van der Waals surface area contributed by atoms with Gasteiger partial charge in [-0.25, -0.2) is 0 Å². The molecule has 2 aromatic rings. The number of amides is 1. The van der Waals surface area contributed by atoms with Crippen molar-refractivity contribution in [2.75, 3.05) is 11.1 Å². The van der Waals surface area contributed by atoms with E-state index in [0.717, 1.165) is 24.3 Å². The van der Waals surface area contributed by atoms with E-state index in [-0.39, 0.29) is 22.9 Å². The molecule has 0 aromatic heterocycles. The van der Waals surface area contributed by atoms with Crippen LogP contribution in [0.3, 0.4) is 0 Å². The van der Waals surface area contributed by atoms with Gasteiger partial charge >= 0.3 is 0 Å². The average Bonchev–Trinajstić information content (AvgIpc) is 2.50. The van der Waals surface area contributed by atoms with Crippen molar-refractivity contribution >= 4 is 29.0 Å². The summed E-state index contributed by atoms with van der Waals surface area (Å²) < 4.78 is 0. The number of aromatic hydroxyl groups is 2. The highest BCUT2D eigenvalue weighted by molar-refractivity contribution is 6.03. The molecule has 8 nitrogen and oxygen atoms in total. The van der Waals surface area contributed by atoms with Crippen LogP contribution in [-0.2, 0) is 4.79 Å². The topological polar surface area (TPSA) is 139 Å². The predicted molar refractivity (Wildman–Crippen MR) is 84.9 cm³/mol. The normalized spacial score (nSPS) is 10.6. The van der Waals surface area contributed by atoms with E-state index in [4.69, 9.17) is 5.73 Å². The van der Waals surface area contributed by atoms with Gasteiger partial charge in [-0.2, -0.15) is 0 Å². The summed E-state index contributed by atoms with van der Waals surface area (Å²) in [4.78, 5) is 21.9. The molecule has 118 valence electrons. The van der Waals surface area contributed by atoms with Crippen LogP contribution in [0.15, 0.2) is 42.5 Å². The van der Waals surface area contributed by atoms with E-state index in [2.05, 4.69) is 5.32 Å². The molecule has 0 unspecified atom stereocenters. The number of nitrogens with two attached hydrogens (primary N) is 1.